The molecule has 0 unspecified atom stereocenters. The minimum absolute atomic E-state index is 0.538. The fraction of sp³-hybridized carbons (Fsp3) is 0.800. The van der Waals surface area contributed by atoms with E-state index in [0.29, 0.717) is 6.04 Å². The third-order valence-electron chi connectivity index (χ3n) is 2.79. The Bertz CT molecular complexity index is 312. The first kappa shape index (κ1) is 10.6. The van der Waals surface area contributed by atoms with E-state index in [2.05, 4.69) is 27.3 Å². The second-order valence-corrected chi connectivity index (χ2v) is 3.97. The van der Waals surface area contributed by atoms with Crippen LogP contribution < -0.4 is 5.32 Å². The van der Waals surface area contributed by atoms with Gasteiger partial charge in [0, 0.05) is 32.1 Å². The van der Waals surface area contributed by atoms with Crippen molar-refractivity contribution in [2.45, 2.75) is 32.9 Å². The van der Waals surface area contributed by atoms with Gasteiger partial charge in [-0.3, -0.25) is 4.90 Å². The summed E-state index contributed by atoms with van der Waals surface area (Å²) in [4.78, 5) is 2.36. The lowest BCUT2D eigenvalue weighted by Gasteiger charge is -2.32. The van der Waals surface area contributed by atoms with Gasteiger partial charge in [-0.2, -0.15) is 0 Å². The van der Waals surface area contributed by atoms with E-state index >= 15 is 0 Å². The molecule has 0 amide bonds. The SMILES string of the molecule is CCc1nnc(CN2CCNC[C@@H]2C)o1. The fourth-order valence-electron chi connectivity index (χ4n) is 1.79. The highest BCUT2D eigenvalue weighted by Crippen LogP contribution is 2.09. The van der Waals surface area contributed by atoms with Gasteiger partial charge in [-0.25, -0.2) is 0 Å². The maximum atomic E-state index is 5.50. The molecule has 1 saturated heterocycles. The Morgan fingerprint density at radius 2 is 2.27 bits per heavy atom. The summed E-state index contributed by atoms with van der Waals surface area (Å²) in [6.07, 6.45) is 0.810. The second-order valence-electron chi connectivity index (χ2n) is 3.97. The number of rotatable bonds is 3. The summed E-state index contributed by atoms with van der Waals surface area (Å²) in [6.45, 7) is 8.13. The minimum atomic E-state index is 0.538. The molecule has 0 bridgehead atoms. The van der Waals surface area contributed by atoms with Crippen molar-refractivity contribution in [3.05, 3.63) is 11.8 Å². The molecule has 5 heteroatoms. The molecule has 0 saturated carbocycles. The molecule has 1 fully saturated rings. The number of aryl methyl sites for hydroxylation is 1. The van der Waals surface area contributed by atoms with E-state index in [1.54, 1.807) is 0 Å². The highest BCUT2D eigenvalue weighted by Gasteiger charge is 2.19. The van der Waals surface area contributed by atoms with Crippen LogP contribution in [0.4, 0.5) is 0 Å². The zero-order valence-electron chi connectivity index (χ0n) is 9.36. The average Bonchev–Trinajstić information content (AvgIpc) is 2.69. The van der Waals surface area contributed by atoms with E-state index in [1.807, 2.05) is 6.92 Å². The van der Waals surface area contributed by atoms with Crippen LogP contribution in [0.25, 0.3) is 0 Å². The molecule has 2 heterocycles. The van der Waals surface area contributed by atoms with Gasteiger partial charge < -0.3 is 9.73 Å². The van der Waals surface area contributed by atoms with Crippen LogP contribution >= 0.6 is 0 Å². The number of nitrogens with zero attached hydrogens (tertiary/aromatic N) is 3. The molecule has 1 N–H and O–H groups in total. The smallest absolute Gasteiger partial charge is 0.230 e. The second kappa shape index (κ2) is 4.72. The summed E-state index contributed by atoms with van der Waals surface area (Å²) in [5.41, 5.74) is 0. The predicted octanol–water partition coefficient (Wildman–Crippen LogP) is 0.426. The normalized spacial score (nSPS) is 23.2. The molecular weight excluding hydrogens is 192 g/mol. The molecule has 1 aliphatic rings. The molecule has 1 aliphatic heterocycles. The Morgan fingerprint density at radius 3 is 2.93 bits per heavy atom. The molecule has 5 nitrogen and oxygen atoms in total. The van der Waals surface area contributed by atoms with Crippen LogP contribution in [0, 0.1) is 0 Å². The van der Waals surface area contributed by atoms with Gasteiger partial charge in [0.2, 0.25) is 11.8 Å². The van der Waals surface area contributed by atoms with Crippen LogP contribution in [0.15, 0.2) is 4.42 Å². The summed E-state index contributed by atoms with van der Waals surface area (Å²) < 4.78 is 5.50. The largest absolute Gasteiger partial charge is 0.424 e. The summed E-state index contributed by atoms with van der Waals surface area (Å²) >= 11 is 0. The molecular formula is C10H18N4O. The van der Waals surface area contributed by atoms with Crippen molar-refractivity contribution in [3.63, 3.8) is 0 Å². The lowest BCUT2D eigenvalue weighted by molar-refractivity contribution is 0.150. The average molecular weight is 210 g/mol. The molecule has 0 aliphatic carbocycles. The van der Waals surface area contributed by atoms with Gasteiger partial charge in [0.05, 0.1) is 6.54 Å². The Balaban J connectivity index is 1.95. The van der Waals surface area contributed by atoms with Gasteiger partial charge in [-0.15, -0.1) is 10.2 Å². The molecule has 0 spiro atoms. The van der Waals surface area contributed by atoms with Crippen LogP contribution in [0.5, 0.6) is 0 Å². The number of hydrogen-bond donors (Lipinski definition) is 1. The quantitative estimate of drug-likeness (QED) is 0.784. The third-order valence-corrected chi connectivity index (χ3v) is 2.79. The Morgan fingerprint density at radius 1 is 1.47 bits per heavy atom. The molecule has 1 atom stereocenters. The van der Waals surface area contributed by atoms with E-state index < -0.39 is 0 Å². The monoisotopic (exact) mass is 210 g/mol. The molecule has 15 heavy (non-hydrogen) atoms. The van der Waals surface area contributed by atoms with Gasteiger partial charge in [0.1, 0.15) is 0 Å². The summed E-state index contributed by atoms with van der Waals surface area (Å²) in [5.74, 6) is 1.47. The Labute approximate surface area is 89.9 Å². The predicted molar refractivity (Wildman–Crippen MR) is 56.4 cm³/mol. The zero-order chi connectivity index (χ0) is 10.7. The Hall–Kier alpha value is -0.940. The van der Waals surface area contributed by atoms with Gasteiger partial charge in [-0.05, 0) is 6.92 Å². The number of aromatic nitrogens is 2. The number of piperazine rings is 1. The van der Waals surface area contributed by atoms with Crippen molar-refractivity contribution in [1.29, 1.82) is 0 Å². The van der Waals surface area contributed by atoms with Gasteiger partial charge in [0.15, 0.2) is 0 Å². The molecule has 1 aromatic rings. The standard InChI is InChI=1S/C10H18N4O/c1-3-9-12-13-10(15-9)7-14-5-4-11-6-8(14)2/h8,11H,3-7H2,1-2H3/t8-/m0/s1. The van der Waals surface area contributed by atoms with Crippen LogP contribution in [0.3, 0.4) is 0 Å². The van der Waals surface area contributed by atoms with E-state index in [4.69, 9.17) is 4.42 Å². The van der Waals surface area contributed by atoms with Gasteiger partial charge in [0.25, 0.3) is 0 Å². The fourth-order valence-corrected chi connectivity index (χ4v) is 1.79. The van der Waals surface area contributed by atoms with Crippen molar-refractivity contribution in [2.24, 2.45) is 0 Å². The summed E-state index contributed by atoms with van der Waals surface area (Å²) in [7, 11) is 0. The van der Waals surface area contributed by atoms with E-state index in [9.17, 15) is 0 Å². The van der Waals surface area contributed by atoms with Crippen molar-refractivity contribution in [3.8, 4) is 0 Å². The maximum Gasteiger partial charge on any atom is 0.230 e. The van der Waals surface area contributed by atoms with E-state index in [0.717, 1.165) is 44.4 Å². The van der Waals surface area contributed by atoms with Crippen molar-refractivity contribution in [2.75, 3.05) is 19.6 Å². The van der Waals surface area contributed by atoms with Crippen LogP contribution in [-0.4, -0.2) is 40.8 Å². The summed E-state index contributed by atoms with van der Waals surface area (Å²) in [6, 6.07) is 0.538. The van der Waals surface area contributed by atoms with Crippen molar-refractivity contribution in [1.82, 2.24) is 20.4 Å². The van der Waals surface area contributed by atoms with E-state index in [-0.39, 0.29) is 0 Å². The molecule has 0 radical (unpaired) electrons. The molecule has 2 rings (SSSR count). The topological polar surface area (TPSA) is 54.2 Å². The highest BCUT2D eigenvalue weighted by atomic mass is 16.4. The highest BCUT2D eigenvalue weighted by molar-refractivity contribution is 4.84. The van der Waals surface area contributed by atoms with Gasteiger partial charge >= 0.3 is 0 Å². The molecule has 84 valence electrons. The number of nitrogens with one attached hydrogen (secondary N) is 1. The van der Waals surface area contributed by atoms with E-state index in [1.165, 1.54) is 0 Å². The van der Waals surface area contributed by atoms with Crippen molar-refractivity contribution < 1.29 is 4.42 Å². The zero-order valence-corrected chi connectivity index (χ0v) is 9.36. The van der Waals surface area contributed by atoms with Crippen molar-refractivity contribution >= 4 is 0 Å². The summed E-state index contributed by atoms with van der Waals surface area (Å²) in [5, 5.41) is 11.4. The minimum Gasteiger partial charge on any atom is -0.424 e. The van der Waals surface area contributed by atoms with Gasteiger partial charge in [-0.1, -0.05) is 6.92 Å². The van der Waals surface area contributed by atoms with Crippen LogP contribution in [-0.2, 0) is 13.0 Å². The first-order valence-electron chi connectivity index (χ1n) is 5.55. The first-order valence-corrected chi connectivity index (χ1v) is 5.55. The molecule has 0 aromatic carbocycles. The lowest BCUT2D eigenvalue weighted by Crippen LogP contribution is -2.49. The number of hydrogen-bond acceptors (Lipinski definition) is 5. The maximum absolute atomic E-state index is 5.50. The first-order chi connectivity index (χ1) is 7.29. The molecule has 1 aromatic heterocycles. The van der Waals surface area contributed by atoms with Crippen LogP contribution in [0.1, 0.15) is 25.6 Å². The Kier molecular flexibility index (Phi) is 3.33. The van der Waals surface area contributed by atoms with Crippen LogP contribution in [0.2, 0.25) is 0 Å². The third kappa shape index (κ3) is 2.54. The lowest BCUT2D eigenvalue weighted by atomic mass is 10.2.